The SMILES string of the molecule is COc1cccc(C2CCCN2C(=O)[C@H](N)CCSC)c1. The van der Waals surface area contributed by atoms with Gasteiger partial charge in [-0.1, -0.05) is 12.1 Å². The Labute approximate surface area is 131 Å². The molecule has 4 nitrogen and oxygen atoms in total. The molecule has 116 valence electrons. The van der Waals surface area contributed by atoms with Crippen molar-refractivity contribution in [3.63, 3.8) is 0 Å². The first-order valence-electron chi connectivity index (χ1n) is 7.36. The average Bonchev–Trinajstić information content (AvgIpc) is 3.01. The van der Waals surface area contributed by atoms with Crippen LogP contribution in [0.4, 0.5) is 0 Å². The van der Waals surface area contributed by atoms with E-state index in [1.807, 2.05) is 29.4 Å². The minimum absolute atomic E-state index is 0.0781. The molecular formula is C16H24N2O2S. The zero-order valence-corrected chi connectivity index (χ0v) is 13.6. The highest BCUT2D eigenvalue weighted by atomic mass is 32.2. The number of carbonyl (C=O) groups is 1. The molecule has 1 aromatic rings. The van der Waals surface area contributed by atoms with Crippen LogP contribution in [0.3, 0.4) is 0 Å². The van der Waals surface area contributed by atoms with Gasteiger partial charge in [-0.3, -0.25) is 4.79 Å². The Morgan fingerprint density at radius 2 is 2.38 bits per heavy atom. The Bertz CT molecular complexity index is 481. The van der Waals surface area contributed by atoms with Gasteiger partial charge in [-0.05, 0) is 49.0 Å². The maximum Gasteiger partial charge on any atom is 0.240 e. The Hall–Kier alpha value is -1.20. The lowest BCUT2D eigenvalue weighted by atomic mass is 10.0. The fourth-order valence-electron chi connectivity index (χ4n) is 2.81. The molecular weight excluding hydrogens is 284 g/mol. The number of amides is 1. The van der Waals surface area contributed by atoms with Gasteiger partial charge in [-0.15, -0.1) is 0 Å². The van der Waals surface area contributed by atoms with Crippen molar-refractivity contribution in [1.29, 1.82) is 0 Å². The molecule has 1 unspecified atom stereocenters. The molecule has 1 amide bonds. The summed E-state index contributed by atoms with van der Waals surface area (Å²) in [5, 5.41) is 0. The van der Waals surface area contributed by atoms with Gasteiger partial charge in [0.2, 0.25) is 5.91 Å². The van der Waals surface area contributed by atoms with Crippen LogP contribution in [0.5, 0.6) is 5.75 Å². The van der Waals surface area contributed by atoms with E-state index in [-0.39, 0.29) is 18.0 Å². The van der Waals surface area contributed by atoms with E-state index in [0.29, 0.717) is 0 Å². The summed E-state index contributed by atoms with van der Waals surface area (Å²) in [6, 6.07) is 7.73. The topological polar surface area (TPSA) is 55.6 Å². The van der Waals surface area contributed by atoms with Crippen LogP contribution in [-0.4, -0.2) is 42.5 Å². The summed E-state index contributed by atoms with van der Waals surface area (Å²) in [5.74, 6) is 1.83. The quantitative estimate of drug-likeness (QED) is 0.877. The number of methoxy groups -OCH3 is 1. The van der Waals surface area contributed by atoms with E-state index in [0.717, 1.165) is 42.9 Å². The van der Waals surface area contributed by atoms with E-state index in [1.165, 1.54) is 0 Å². The van der Waals surface area contributed by atoms with E-state index < -0.39 is 0 Å². The van der Waals surface area contributed by atoms with Crippen LogP contribution in [0.2, 0.25) is 0 Å². The summed E-state index contributed by atoms with van der Waals surface area (Å²) < 4.78 is 5.28. The van der Waals surface area contributed by atoms with Gasteiger partial charge in [0.25, 0.3) is 0 Å². The minimum atomic E-state index is -0.386. The van der Waals surface area contributed by atoms with Crippen LogP contribution in [0, 0.1) is 0 Å². The van der Waals surface area contributed by atoms with Crippen molar-refractivity contribution >= 4 is 17.7 Å². The van der Waals surface area contributed by atoms with Crippen LogP contribution in [0.15, 0.2) is 24.3 Å². The molecule has 21 heavy (non-hydrogen) atoms. The van der Waals surface area contributed by atoms with Gasteiger partial charge in [0.1, 0.15) is 5.75 Å². The molecule has 1 saturated heterocycles. The van der Waals surface area contributed by atoms with Crippen LogP contribution in [0.1, 0.15) is 30.9 Å². The Balaban J connectivity index is 2.10. The molecule has 2 N–H and O–H groups in total. The molecule has 0 aliphatic carbocycles. The zero-order chi connectivity index (χ0) is 15.2. The van der Waals surface area contributed by atoms with E-state index in [1.54, 1.807) is 18.9 Å². The first-order chi connectivity index (χ1) is 10.2. The smallest absolute Gasteiger partial charge is 0.240 e. The van der Waals surface area contributed by atoms with E-state index in [4.69, 9.17) is 10.5 Å². The number of nitrogens with two attached hydrogens (primary N) is 1. The van der Waals surface area contributed by atoms with Crippen LogP contribution in [0.25, 0.3) is 0 Å². The molecule has 1 aliphatic rings. The predicted molar refractivity (Wildman–Crippen MR) is 87.7 cm³/mol. The molecule has 0 radical (unpaired) electrons. The fraction of sp³-hybridized carbons (Fsp3) is 0.562. The van der Waals surface area contributed by atoms with Crippen molar-refractivity contribution in [3.8, 4) is 5.75 Å². The third-order valence-corrected chi connectivity index (χ3v) is 4.61. The molecule has 1 fully saturated rings. The Morgan fingerprint density at radius 3 is 3.10 bits per heavy atom. The minimum Gasteiger partial charge on any atom is -0.497 e. The second-order valence-electron chi connectivity index (χ2n) is 5.35. The largest absolute Gasteiger partial charge is 0.497 e. The molecule has 5 heteroatoms. The van der Waals surface area contributed by atoms with Crippen molar-refractivity contribution < 1.29 is 9.53 Å². The Morgan fingerprint density at radius 1 is 1.57 bits per heavy atom. The van der Waals surface area contributed by atoms with Gasteiger partial charge >= 0.3 is 0 Å². The summed E-state index contributed by atoms with van der Waals surface area (Å²) in [5.41, 5.74) is 7.19. The van der Waals surface area contributed by atoms with Gasteiger partial charge in [0.05, 0.1) is 19.2 Å². The van der Waals surface area contributed by atoms with E-state index in [2.05, 4.69) is 6.07 Å². The maximum absolute atomic E-state index is 12.5. The first kappa shape index (κ1) is 16.2. The van der Waals surface area contributed by atoms with Crippen molar-refractivity contribution in [2.75, 3.05) is 25.7 Å². The third-order valence-electron chi connectivity index (χ3n) is 3.96. The van der Waals surface area contributed by atoms with Crippen molar-refractivity contribution in [1.82, 2.24) is 4.90 Å². The molecule has 0 bridgehead atoms. The molecule has 0 aromatic heterocycles. The number of likely N-dealkylation sites (tertiary alicyclic amines) is 1. The predicted octanol–water partition coefficient (Wildman–Crippen LogP) is 2.44. The number of thioether (sulfide) groups is 1. The summed E-state index contributed by atoms with van der Waals surface area (Å²) in [6.07, 6.45) is 4.80. The van der Waals surface area contributed by atoms with Gasteiger partial charge in [0, 0.05) is 6.54 Å². The van der Waals surface area contributed by atoms with Crippen molar-refractivity contribution in [3.05, 3.63) is 29.8 Å². The Kier molecular flexibility index (Phi) is 5.94. The number of hydrogen-bond acceptors (Lipinski definition) is 4. The molecule has 2 rings (SSSR count). The highest BCUT2D eigenvalue weighted by molar-refractivity contribution is 7.98. The number of rotatable bonds is 6. The van der Waals surface area contributed by atoms with Crippen LogP contribution < -0.4 is 10.5 Å². The normalized spacial score (nSPS) is 19.6. The molecule has 0 saturated carbocycles. The second-order valence-corrected chi connectivity index (χ2v) is 6.34. The summed E-state index contributed by atoms with van der Waals surface area (Å²) >= 11 is 1.72. The lowest BCUT2D eigenvalue weighted by Gasteiger charge is -2.28. The summed E-state index contributed by atoms with van der Waals surface area (Å²) in [6.45, 7) is 0.799. The van der Waals surface area contributed by atoms with Gasteiger partial charge < -0.3 is 15.4 Å². The lowest BCUT2D eigenvalue weighted by Crippen LogP contribution is -2.43. The van der Waals surface area contributed by atoms with Gasteiger partial charge in [-0.2, -0.15) is 11.8 Å². The highest BCUT2D eigenvalue weighted by Gasteiger charge is 2.32. The number of carbonyl (C=O) groups excluding carboxylic acids is 1. The monoisotopic (exact) mass is 308 g/mol. The van der Waals surface area contributed by atoms with Crippen molar-refractivity contribution in [2.45, 2.75) is 31.3 Å². The molecule has 0 spiro atoms. The fourth-order valence-corrected chi connectivity index (χ4v) is 3.30. The number of ether oxygens (including phenoxy) is 1. The summed E-state index contributed by atoms with van der Waals surface area (Å²) in [4.78, 5) is 14.5. The first-order valence-corrected chi connectivity index (χ1v) is 8.75. The zero-order valence-electron chi connectivity index (χ0n) is 12.7. The van der Waals surface area contributed by atoms with Crippen LogP contribution in [-0.2, 0) is 4.79 Å². The summed E-state index contributed by atoms with van der Waals surface area (Å²) in [7, 11) is 1.66. The molecule has 1 heterocycles. The maximum atomic E-state index is 12.5. The van der Waals surface area contributed by atoms with E-state index in [9.17, 15) is 4.79 Å². The highest BCUT2D eigenvalue weighted by Crippen LogP contribution is 2.33. The van der Waals surface area contributed by atoms with Gasteiger partial charge in [-0.25, -0.2) is 0 Å². The third kappa shape index (κ3) is 3.92. The average molecular weight is 308 g/mol. The number of nitrogens with zero attached hydrogens (tertiary/aromatic N) is 1. The molecule has 2 atom stereocenters. The lowest BCUT2D eigenvalue weighted by molar-refractivity contribution is -0.133. The van der Waals surface area contributed by atoms with Crippen LogP contribution >= 0.6 is 11.8 Å². The van der Waals surface area contributed by atoms with E-state index >= 15 is 0 Å². The van der Waals surface area contributed by atoms with Crippen molar-refractivity contribution in [2.24, 2.45) is 5.73 Å². The van der Waals surface area contributed by atoms with Gasteiger partial charge in [0.15, 0.2) is 0 Å². The molecule has 1 aliphatic heterocycles. The number of hydrogen-bond donors (Lipinski definition) is 1. The number of benzene rings is 1. The standard InChI is InChI=1S/C16H24N2O2S/c1-20-13-6-3-5-12(11-13)15-7-4-9-18(15)16(19)14(17)8-10-21-2/h3,5-6,11,14-15H,4,7-10,17H2,1-2H3/t14-,15?/m1/s1. The molecule has 1 aromatic carbocycles. The second kappa shape index (κ2) is 7.71.